The van der Waals surface area contributed by atoms with Crippen molar-refractivity contribution in [1.29, 1.82) is 0 Å². The number of esters is 2. The number of hydrogen-bond donors (Lipinski definition) is 5. The molecule has 1 unspecified atom stereocenters. The molecule has 1 aliphatic heterocycles. The Hall–Kier alpha value is -2.67. The number of carbonyl (C=O) groups excluding carboxylic acids is 2. The van der Waals surface area contributed by atoms with Gasteiger partial charge in [0.15, 0.2) is 12.4 Å². The van der Waals surface area contributed by atoms with Crippen LogP contribution in [0.3, 0.4) is 0 Å². The molecule has 6 atom stereocenters. The standard InChI is InChI=1S/C45H75O12P/c1-3-5-7-8-9-10-11-12-13-14-15-16-17-18-19-20-21-22-27-31-43(48)54-36-39(37-55-58(51,52)53)56-44(49)32-28-24-23-26-30-40-41(47)35-45(50)57-42(40)34-33-38(46)29-25-6-4-2/h9-10,12-13,15-16,18-19,23,26,33-34,38-42,45-47,50H,3-8,11,14,17,20-22,24-25,27-32,35-37H2,1-2H3,(H2,51,52,53)/b10-9-,13-12-,16-15-,19-18-,26-23-,34-33+/t38-,39+,40-,41-,42+,45?/m0/s1. The highest BCUT2D eigenvalue weighted by molar-refractivity contribution is 7.46. The smallest absolute Gasteiger partial charge is 0.462 e. The van der Waals surface area contributed by atoms with Gasteiger partial charge >= 0.3 is 19.8 Å². The molecule has 13 heteroatoms. The lowest BCUT2D eigenvalue weighted by Gasteiger charge is -2.36. The van der Waals surface area contributed by atoms with Gasteiger partial charge in [-0.05, 0) is 77.0 Å². The second-order valence-corrected chi connectivity index (χ2v) is 16.1. The van der Waals surface area contributed by atoms with E-state index in [2.05, 4.69) is 67.0 Å². The zero-order chi connectivity index (χ0) is 42.7. The summed E-state index contributed by atoms with van der Waals surface area (Å²) >= 11 is 0. The topological polar surface area (TPSA) is 189 Å². The number of carbonyl (C=O) groups is 2. The minimum absolute atomic E-state index is 0.00672. The monoisotopic (exact) mass is 838 g/mol. The highest BCUT2D eigenvalue weighted by atomic mass is 31.2. The van der Waals surface area contributed by atoms with Gasteiger partial charge in [-0.1, -0.05) is 125 Å². The summed E-state index contributed by atoms with van der Waals surface area (Å²) in [5, 5.41) is 30.9. The van der Waals surface area contributed by atoms with Crippen molar-refractivity contribution < 1.29 is 58.0 Å². The van der Waals surface area contributed by atoms with E-state index in [1.54, 1.807) is 12.2 Å². The second-order valence-electron chi connectivity index (χ2n) is 14.8. The second kappa shape index (κ2) is 35.1. The van der Waals surface area contributed by atoms with Crippen LogP contribution in [-0.4, -0.2) is 81.0 Å². The molecule has 0 saturated carbocycles. The van der Waals surface area contributed by atoms with E-state index in [1.807, 2.05) is 12.2 Å². The summed E-state index contributed by atoms with van der Waals surface area (Å²) in [5.41, 5.74) is 0. The van der Waals surface area contributed by atoms with E-state index >= 15 is 0 Å². The lowest BCUT2D eigenvalue weighted by Crippen LogP contribution is -2.43. The van der Waals surface area contributed by atoms with Crippen molar-refractivity contribution in [3.63, 3.8) is 0 Å². The minimum atomic E-state index is -4.85. The molecule has 1 saturated heterocycles. The average Bonchev–Trinajstić information content (AvgIpc) is 3.17. The Morgan fingerprint density at radius 3 is 1.93 bits per heavy atom. The highest BCUT2D eigenvalue weighted by Crippen LogP contribution is 2.36. The molecule has 0 radical (unpaired) electrons. The van der Waals surface area contributed by atoms with E-state index in [1.165, 1.54) is 25.7 Å². The summed E-state index contributed by atoms with van der Waals surface area (Å²) in [7, 11) is -4.85. The number of ether oxygens (including phenoxy) is 3. The Balaban J connectivity index is 2.34. The number of phosphoric acid groups is 1. The SMILES string of the molecule is CCCCC/C=C\C/C=C\C/C=C\C/C=C\CCCCCC(=O)OC[C@H](COP(=O)(O)O)OC(=O)CCC/C=C\C[C@H]1[C@@H](O)CC(O)O[C@@H]1/C=C/[C@@H](O)CCCCC. The van der Waals surface area contributed by atoms with Gasteiger partial charge in [-0.3, -0.25) is 14.1 Å². The third kappa shape index (κ3) is 31.3. The molecular weight excluding hydrogens is 763 g/mol. The predicted molar refractivity (Wildman–Crippen MR) is 228 cm³/mol. The molecule has 0 spiro atoms. The van der Waals surface area contributed by atoms with Crippen LogP contribution in [0.5, 0.6) is 0 Å². The van der Waals surface area contributed by atoms with E-state index in [0.717, 1.165) is 57.8 Å². The molecule has 12 nitrogen and oxygen atoms in total. The number of aliphatic hydroxyl groups is 3. The maximum Gasteiger partial charge on any atom is 0.469 e. The highest BCUT2D eigenvalue weighted by Gasteiger charge is 2.35. The van der Waals surface area contributed by atoms with E-state index in [-0.39, 0.29) is 25.2 Å². The van der Waals surface area contributed by atoms with Gasteiger partial charge < -0.3 is 39.3 Å². The Kier molecular flexibility index (Phi) is 32.3. The number of aliphatic hydroxyl groups excluding tert-OH is 3. The summed E-state index contributed by atoms with van der Waals surface area (Å²) in [4.78, 5) is 43.1. The number of hydrogen-bond acceptors (Lipinski definition) is 10. The van der Waals surface area contributed by atoms with Crippen molar-refractivity contribution in [2.24, 2.45) is 5.92 Å². The third-order valence-electron chi connectivity index (χ3n) is 9.49. The molecule has 58 heavy (non-hydrogen) atoms. The van der Waals surface area contributed by atoms with Crippen molar-refractivity contribution in [3.05, 3.63) is 72.9 Å². The maximum atomic E-state index is 12.5. The fraction of sp³-hybridized carbons (Fsp3) is 0.689. The molecule has 0 bridgehead atoms. The largest absolute Gasteiger partial charge is 0.469 e. The number of unbranched alkanes of at least 4 members (excludes halogenated alkanes) is 9. The lowest BCUT2D eigenvalue weighted by molar-refractivity contribution is -0.199. The summed E-state index contributed by atoms with van der Waals surface area (Å²) in [5.74, 6) is -1.45. The Morgan fingerprint density at radius 1 is 0.724 bits per heavy atom. The minimum Gasteiger partial charge on any atom is -0.462 e. The molecule has 1 heterocycles. The first kappa shape index (κ1) is 53.3. The molecule has 0 aromatic carbocycles. The normalized spacial score (nSPS) is 20.4. The summed E-state index contributed by atoms with van der Waals surface area (Å²) < 4.78 is 32.0. The Bertz CT molecular complexity index is 1290. The van der Waals surface area contributed by atoms with Gasteiger partial charge in [0, 0.05) is 25.2 Å². The van der Waals surface area contributed by atoms with Crippen LogP contribution in [-0.2, 0) is 32.9 Å². The average molecular weight is 839 g/mol. The first-order chi connectivity index (χ1) is 27.9. The van der Waals surface area contributed by atoms with E-state index in [0.29, 0.717) is 32.1 Å². The van der Waals surface area contributed by atoms with Gasteiger partial charge in [-0.2, -0.15) is 0 Å². The lowest BCUT2D eigenvalue weighted by atomic mass is 9.87. The first-order valence-electron chi connectivity index (χ1n) is 21.6. The van der Waals surface area contributed by atoms with Crippen LogP contribution in [0.4, 0.5) is 0 Å². The van der Waals surface area contributed by atoms with E-state index < -0.39 is 63.7 Å². The molecule has 1 aliphatic rings. The van der Waals surface area contributed by atoms with Gasteiger partial charge in [-0.25, -0.2) is 4.57 Å². The quantitative estimate of drug-likeness (QED) is 0.0179. The third-order valence-corrected chi connectivity index (χ3v) is 9.98. The van der Waals surface area contributed by atoms with Crippen molar-refractivity contribution in [2.75, 3.05) is 13.2 Å². The molecule has 332 valence electrons. The van der Waals surface area contributed by atoms with Crippen molar-refractivity contribution >= 4 is 19.8 Å². The van der Waals surface area contributed by atoms with Gasteiger partial charge in [0.25, 0.3) is 0 Å². The van der Waals surface area contributed by atoms with Crippen LogP contribution in [0.1, 0.15) is 149 Å². The van der Waals surface area contributed by atoms with Gasteiger partial charge in [-0.15, -0.1) is 0 Å². The molecule has 5 N–H and O–H groups in total. The van der Waals surface area contributed by atoms with E-state index in [9.17, 15) is 29.5 Å². The molecule has 0 amide bonds. The van der Waals surface area contributed by atoms with Gasteiger partial charge in [0.05, 0.1) is 24.9 Å². The molecule has 0 aromatic heterocycles. The first-order valence-corrected chi connectivity index (χ1v) is 23.2. The van der Waals surface area contributed by atoms with Gasteiger partial charge in [0.2, 0.25) is 0 Å². The Morgan fingerprint density at radius 2 is 1.29 bits per heavy atom. The van der Waals surface area contributed by atoms with Crippen molar-refractivity contribution in [2.45, 2.75) is 179 Å². The van der Waals surface area contributed by atoms with Gasteiger partial charge in [0.1, 0.15) is 6.61 Å². The zero-order valence-electron chi connectivity index (χ0n) is 35.2. The fourth-order valence-electron chi connectivity index (χ4n) is 6.16. The van der Waals surface area contributed by atoms with Crippen LogP contribution >= 0.6 is 7.82 Å². The molecular formula is C45H75O12P. The van der Waals surface area contributed by atoms with Crippen LogP contribution in [0.15, 0.2) is 72.9 Å². The molecule has 1 rings (SSSR count). The summed E-state index contributed by atoms with van der Waals surface area (Å²) in [6.45, 7) is 3.28. The summed E-state index contributed by atoms with van der Waals surface area (Å²) in [6, 6.07) is 0. The molecule has 1 fully saturated rings. The van der Waals surface area contributed by atoms with Crippen LogP contribution in [0.2, 0.25) is 0 Å². The van der Waals surface area contributed by atoms with Crippen LogP contribution in [0, 0.1) is 5.92 Å². The number of phosphoric ester groups is 1. The maximum absolute atomic E-state index is 12.5. The van der Waals surface area contributed by atoms with E-state index in [4.69, 9.17) is 24.0 Å². The predicted octanol–water partition coefficient (Wildman–Crippen LogP) is 9.18. The van der Waals surface area contributed by atoms with Crippen LogP contribution < -0.4 is 0 Å². The molecule has 0 aromatic rings. The van der Waals surface area contributed by atoms with Crippen molar-refractivity contribution in [1.82, 2.24) is 0 Å². The number of allylic oxidation sites excluding steroid dienone is 10. The Labute approximate surface area is 348 Å². The fourth-order valence-corrected chi connectivity index (χ4v) is 6.52. The van der Waals surface area contributed by atoms with Crippen molar-refractivity contribution in [3.8, 4) is 0 Å². The molecule has 0 aliphatic carbocycles. The zero-order valence-corrected chi connectivity index (χ0v) is 36.1. The summed E-state index contributed by atoms with van der Waals surface area (Å²) in [6.07, 6.45) is 36.7. The van der Waals surface area contributed by atoms with Crippen LogP contribution in [0.25, 0.3) is 0 Å². The number of rotatable bonds is 34.